The Bertz CT molecular complexity index is 603. The minimum Gasteiger partial charge on any atom is -0.489 e. The van der Waals surface area contributed by atoms with Gasteiger partial charge in [-0.25, -0.2) is 4.99 Å². The number of ether oxygens (including phenoxy) is 1. The summed E-state index contributed by atoms with van der Waals surface area (Å²) in [7, 11) is 1.85. The van der Waals surface area contributed by atoms with Crippen LogP contribution in [0.5, 0.6) is 5.75 Å². The maximum Gasteiger partial charge on any atom is 0.222 e. The van der Waals surface area contributed by atoms with E-state index in [9.17, 15) is 4.79 Å². The van der Waals surface area contributed by atoms with E-state index in [-0.39, 0.29) is 18.1 Å². The first-order valence-corrected chi connectivity index (χ1v) is 9.00. The van der Waals surface area contributed by atoms with Crippen LogP contribution in [0, 0.1) is 6.92 Å². The monoisotopic (exact) mass is 346 g/mol. The average Bonchev–Trinajstić information content (AvgIpc) is 2.56. The molecule has 2 unspecified atom stereocenters. The number of amides is 1. The highest BCUT2D eigenvalue weighted by Gasteiger charge is 2.23. The second-order valence-electron chi connectivity index (χ2n) is 6.62. The number of carbonyl (C=O) groups is 1. The van der Waals surface area contributed by atoms with Crippen molar-refractivity contribution in [2.45, 2.75) is 45.8 Å². The number of guanidine groups is 1. The molecule has 0 bridgehead atoms. The Morgan fingerprint density at radius 3 is 2.96 bits per heavy atom. The first-order chi connectivity index (χ1) is 12.0. The molecule has 1 heterocycles. The van der Waals surface area contributed by atoms with Crippen molar-refractivity contribution in [1.82, 2.24) is 15.5 Å². The van der Waals surface area contributed by atoms with Crippen molar-refractivity contribution in [1.29, 1.82) is 0 Å². The van der Waals surface area contributed by atoms with E-state index in [1.165, 1.54) is 5.56 Å². The minimum absolute atomic E-state index is 0.0205. The van der Waals surface area contributed by atoms with Crippen molar-refractivity contribution in [2.75, 3.05) is 26.7 Å². The SMILES string of the molecule is CCNC(=NCC(C)Oc1cccc(C)c1)NC1CCC(=O)N(C)C1. The molecule has 25 heavy (non-hydrogen) atoms. The number of nitrogens with zero attached hydrogens (tertiary/aromatic N) is 2. The molecule has 2 rings (SSSR count). The Hall–Kier alpha value is -2.24. The lowest BCUT2D eigenvalue weighted by molar-refractivity contribution is -0.132. The van der Waals surface area contributed by atoms with Gasteiger partial charge < -0.3 is 20.3 Å². The van der Waals surface area contributed by atoms with Gasteiger partial charge in [0, 0.05) is 32.6 Å². The van der Waals surface area contributed by atoms with Crippen LogP contribution in [0.1, 0.15) is 32.3 Å². The molecule has 1 amide bonds. The number of likely N-dealkylation sites (N-methyl/N-ethyl adjacent to an activating group) is 1. The quantitative estimate of drug-likeness (QED) is 0.610. The molecular weight excluding hydrogens is 316 g/mol. The third-order valence-electron chi connectivity index (χ3n) is 4.15. The minimum atomic E-state index is -0.0205. The van der Waals surface area contributed by atoms with Gasteiger partial charge in [0.2, 0.25) is 5.91 Å². The van der Waals surface area contributed by atoms with Crippen molar-refractivity contribution in [3.8, 4) is 5.75 Å². The van der Waals surface area contributed by atoms with E-state index >= 15 is 0 Å². The topological polar surface area (TPSA) is 66.0 Å². The van der Waals surface area contributed by atoms with E-state index in [0.29, 0.717) is 19.5 Å². The van der Waals surface area contributed by atoms with E-state index in [4.69, 9.17) is 4.74 Å². The summed E-state index contributed by atoms with van der Waals surface area (Å²) in [6, 6.07) is 8.26. The molecule has 6 nitrogen and oxygen atoms in total. The number of nitrogens with one attached hydrogen (secondary N) is 2. The van der Waals surface area contributed by atoms with Gasteiger partial charge in [0.15, 0.2) is 5.96 Å². The van der Waals surface area contributed by atoms with E-state index in [1.807, 2.05) is 39.1 Å². The van der Waals surface area contributed by atoms with Crippen LogP contribution < -0.4 is 15.4 Å². The van der Waals surface area contributed by atoms with Crippen LogP contribution in [0.4, 0.5) is 0 Å². The lowest BCUT2D eigenvalue weighted by Gasteiger charge is -2.31. The van der Waals surface area contributed by atoms with E-state index in [1.54, 1.807) is 4.90 Å². The molecule has 1 aliphatic rings. The van der Waals surface area contributed by atoms with Crippen LogP contribution in [0.2, 0.25) is 0 Å². The number of rotatable bonds is 6. The molecule has 0 spiro atoms. The molecule has 2 N–H and O–H groups in total. The van der Waals surface area contributed by atoms with E-state index in [2.05, 4.69) is 28.6 Å². The number of hydrogen-bond acceptors (Lipinski definition) is 3. The second kappa shape index (κ2) is 9.30. The molecule has 1 aromatic carbocycles. The molecule has 0 aliphatic carbocycles. The molecule has 0 radical (unpaired) electrons. The van der Waals surface area contributed by atoms with Gasteiger partial charge in [-0.3, -0.25) is 4.79 Å². The lowest BCUT2D eigenvalue weighted by Crippen LogP contribution is -2.51. The molecule has 1 aliphatic heterocycles. The summed E-state index contributed by atoms with van der Waals surface area (Å²) >= 11 is 0. The Labute approximate surface area is 150 Å². The smallest absolute Gasteiger partial charge is 0.222 e. The second-order valence-corrected chi connectivity index (χ2v) is 6.62. The van der Waals surface area contributed by atoms with Crippen LogP contribution >= 0.6 is 0 Å². The van der Waals surface area contributed by atoms with Crippen LogP contribution in [0.15, 0.2) is 29.3 Å². The summed E-state index contributed by atoms with van der Waals surface area (Å²) in [6.45, 7) is 8.17. The molecule has 2 atom stereocenters. The highest BCUT2D eigenvalue weighted by atomic mass is 16.5. The van der Waals surface area contributed by atoms with Crippen molar-refractivity contribution in [3.05, 3.63) is 29.8 Å². The molecule has 138 valence electrons. The molecule has 1 aromatic rings. The van der Waals surface area contributed by atoms with E-state index in [0.717, 1.165) is 24.7 Å². The van der Waals surface area contributed by atoms with Crippen LogP contribution in [-0.4, -0.2) is 55.6 Å². The number of likely N-dealkylation sites (tertiary alicyclic amines) is 1. The van der Waals surface area contributed by atoms with Crippen molar-refractivity contribution >= 4 is 11.9 Å². The highest BCUT2D eigenvalue weighted by molar-refractivity contribution is 5.81. The summed E-state index contributed by atoms with van der Waals surface area (Å²) in [4.78, 5) is 18.0. The average molecular weight is 346 g/mol. The normalized spacial score (nSPS) is 19.5. The maximum absolute atomic E-state index is 11.6. The van der Waals surface area contributed by atoms with Gasteiger partial charge in [0.25, 0.3) is 0 Å². The molecule has 0 saturated carbocycles. The fourth-order valence-corrected chi connectivity index (χ4v) is 2.82. The number of aliphatic imine (C=N–C) groups is 1. The number of piperidine rings is 1. The van der Waals surface area contributed by atoms with Gasteiger partial charge in [-0.15, -0.1) is 0 Å². The Morgan fingerprint density at radius 2 is 2.28 bits per heavy atom. The molecular formula is C19H30N4O2. The van der Waals surface area contributed by atoms with Gasteiger partial charge in [-0.1, -0.05) is 12.1 Å². The van der Waals surface area contributed by atoms with Crippen LogP contribution in [0.25, 0.3) is 0 Å². The van der Waals surface area contributed by atoms with Crippen LogP contribution in [0.3, 0.4) is 0 Å². The van der Waals surface area contributed by atoms with Gasteiger partial charge in [-0.05, 0) is 44.9 Å². The van der Waals surface area contributed by atoms with Gasteiger partial charge in [-0.2, -0.15) is 0 Å². The first-order valence-electron chi connectivity index (χ1n) is 9.00. The molecule has 1 fully saturated rings. The van der Waals surface area contributed by atoms with Gasteiger partial charge in [0.05, 0.1) is 6.54 Å². The highest BCUT2D eigenvalue weighted by Crippen LogP contribution is 2.14. The first kappa shape index (κ1) is 19.1. The zero-order valence-electron chi connectivity index (χ0n) is 15.7. The predicted octanol–water partition coefficient (Wildman–Crippen LogP) is 1.94. The van der Waals surface area contributed by atoms with Gasteiger partial charge in [0.1, 0.15) is 11.9 Å². The summed E-state index contributed by atoms with van der Waals surface area (Å²) in [6.07, 6.45) is 1.40. The molecule has 0 aromatic heterocycles. The fraction of sp³-hybridized carbons (Fsp3) is 0.579. The maximum atomic E-state index is 11.6. The molecule has 1 saturated heterocycles. The largest absolute Gasteiger partial charge is 0.489 e. The van der Waals surface area contributed by atoms with E-state index < -0.39 is 0 Å². The van der Waals surface area contributed by atoms with Crippen molar-refractivity contribution in [3.63, 3.8) is 0 Å². The van der Waals surface area contributed by atoms with Crippen molar-refractivity contribution in [2.24, 2.45) is 4.99 Å². The molecule has 6 heteroatoms. The van der Waals surface area contributed by atoms with Crippen LogP contribution in [-0.2, 0) is 4.79 Å². The zero-order valence-corrected chi connectivity index (χ0v) is 15.7. The number of hydrogen-bond donors (Lipinski definition) is 2. The Kier molecular flexibility index (Phi) is 7.10. The number of aryl methyl sites for hydroxylation is 1. The summed E-state index contributed by atoms with van der Waals surface area (Å²) in [5, 5.41) is 6.69. The fourth-order valence-electron chi connectivity index (χ4n) is 2.82. The summed E-state index contributed by atoms with van der Waals surface area (Å²) in [5.41, 5.74) is 1.18. The summed E-state index contributed by atoms with van der Waals surface area (Å²) in [5.74, 6) is 1.85. The third kappa shape index (κ3) is 6.29. The zero-order chi connectivity index (χ0) is 18.2. The number of carbonyl (C=O) groups excluding carboxylic acids is 1. The Morgan fingerprint density at radius 1 is 1.48 bits per heavy atom. The standard InChI is InChI=1S/C19H30N4O2/c1-5-20-19(22-16-9-10-18(24)23(4)13-16)21-12-15(3)25-17-8-6-7-14(2)11-17/h6-8,11,15-16H,5,9-10,12-13H2,1-4H3,(H2,20,21,22). The lowest BCUT2D eigenvalue weighted by atomic mass is 10.1. The number of benzene rings is 1. The summed E-state index contributed by atoms with van der Waals surface area (Å²) < 4.78 is 5.93. The third-order valence-corrected chi connectivity index (χ3v) is 4.15. The Balaban J connectivity index is 1.88. The van der Waals surface area contributed by atoms with Crippen molar-refractivity contribution < 1.29 is 9.53 Å². The van der Waals surface area contributed by atoms with Gasteiger partial charge >= 0.3 is 0 Å². The predicted molar refractivity (Wildman–Crippen MR) is 101 cm³/mol.